The molecule has 4 rings (SSSR count). The van der Waals surface area contributed by atoms with Crippen LogP contribution in [-0.2, 0) is 21.2 Å². The number of carbonyl (C=O) groups excluding carboxylic acids is 1. The van der Waals surface area contributed by atoms with Crippen LogP contribution in [0, 0.1) is 6.92 Å². The van der Waals surface area contributed by atoms with E-state index in [1.54, 1.807) is 54.6 Å². The van der Waals surface area contributed by atoms with Gasteiger partial charge in [0.1, 0.15) is 5.75 Å². The number of hydrogen-bond donors (Lipinski definition) is 1. The Labute approximate surface area is 192 Å². The fourth-order valence-corrected chi connectivity index (χ4v) is 5.16. The van der Waals surface area contributed by atoms with Crippen molar-refractivity contribution in [2.45, 2.75) is 24.3 Å². The highest BCUT2D eigenvalue weighted by atomic mass is 35.5. The smallest absolute Gasteiger partial charge is 0.264 e. The lowest BCUT2D eigenvalue weighted by Gasteiger charge is -2.35. The maximum absolute atomic E-state index is 13.4. The van der Waals surface area contributed by atoms with Crippen LogP contribution in [0.3, 0.4) is 0 Å². The van der Waals surface area contributed by atoms with Gasteiger partial charge in [-0.05, 0) is 60.9 Å². The number of ether oxygens (including phenoxy) is 1. The van der Waals surface area contributed by atoms with Gasteiger partial charge in [0, 0.05) is 11.6 Å². The first-order valence-electron chi connectivity index (χ1n) is 10.2. The van der Waals surface area contributed by atoms with E-state index in [9.17, 15) is 13.2 Å². The lowest BCUT2D eigenvalue weighted by Crippen LogP contribution is -2.51. The maximum Gasteiger partial charge on any atom is 0.264 e. The van der Waals surface area contributed by atoms with Crippen LogP contribution in [0.15, 0.2) is 77.7 Å². The molecule has 3 aromatic rings. The van der Waals surface area contributed by atoms with Crippen LogP contribution in [0.5, 0.6) is 5.75 Å². The van der Waals surface area contributed by atoms with E-state index in [0.717, 1.165) is 11.1 Å². The Kier molecular flexibility index (Phi) is 6.39. The lowest BCUT2D eigenvalue weighted by molar-refractivity contribution is -0.127. The van der Waals surface area contributed by atoms with E-state index in [1.807, 2.05) is 25.1 Å². The summed E-state index contributed by atoms with van der Waals surface area (Å²) < 4.78 is 33.9. The Bertz CT molecular complexity index is 1210. The zero-order chi connectivity index (χ0) is 22.7. The zero-order valence-electron chi connectivity index (χ0n) is 17.5. The Morgan fingerprint density at radius 1 is 1.09 bits per heavy atom. The fraction of sp³-hybridized carbons (Fsp3) is 0.208. The molecule has 1 aliphatic rings. The second-order valence-electron chi connectivity index (χ2n) is 7.59. The third-order valence-electron chi connectivity index (χ3n) is 5.23. The van der Waals surface area contributed by atoms with Crippen molar-refractivity contribution in [2.75, 3.05) is 17.4 Å². The number of hydrogen-bond acceptors (Lipinski definition) is 4. The molecule has 1 heterocycles. The Morgan fingerprint density at radius 2 is 1.81 bits per heavy atom. The van der Waals surface area contributed by atoms with Gasteiger partial charge in [-0.25, -0.2) is 8.42 Å². The molecule has 0 radical (unpaired) electrons. The zero-order valence-corrected chi connectivity index (χ0v) is 19.1. The summed E-state index contributed by atoms with van der Waals surface area (Å²) in [5.41, 5.74) is 2.36. The van der Waals surface area contributed by atoms with Gasteiger partial charge in [0.05, 0.1) is 17.1 Å². The van der Waals surface area contributed by atoms with Crippen molar-refractivity contribution >= 4 is 33.2 Å². The standard InChI is InChI=1S/C24H23ClN2O4S/c1-17-7-12-21-22(15-17)31-23(16-27(21)32(29,30)20-5-3-2-4-6-20)24(28)26-14-13-18-8-10-19(25)11-9-18/h2-12,15,23H,13-14,16H2,1H3,(H,26,28)/t23-/m0/s1. The molecule has 166 valence electrons. The molecular formula is C24H23ClN2O4S. The summed E-state index contributed by atoms with van der Waals surface area (Å²) in [5.74, 6) is 0.00740. The molecule has 3 aromatic carbocycles. The van der Waals surface area contributed by atoms with E-state index < -0.39 is 16.1 Å². The van der Waals surface area contributed by atoms with Crippen LogP contribution < -0.4 is 14.4 Å². The summed E-state index contributed by atoms with van der Waals surface area (Å²) in [7, 11) is -3.86. The van der Waals surface area contributed by atoms with Gasteiger partial charge in [-0.15, -0.1) is 0 Å². The van der Waals surface area contributed by atoms with Gasteiger partial charge in [-0.1, -0.05) is 48.0 Å². The third kappa shape index (κ3) is 4.74. The summed E-state index contributed by atoms with van der Waals surface area (Å²) in [5, 5.41) is 3.51. The number of anilines is 1. The van der Waals surface area contributed by atoms with E-state index in [1.165, 1.54) is 4.31 Å². The molecule has 0 spiro atoms. The number of amides is 1. The van der Waals surface area contributed by atoms with Gasteiger partial charge in [-0.3, -0.25) is 9.10 Å². The van der Waals surface area contributed by atoms with E-state index in [2.05, 4.69) is 5.32 Å². The van der Waals surface area contributed by atoms with Gasteiger partial charge in [0.15, 0.2) is 6.10 Å². The van der Waals surface area contributed by atoms with Gasteiger partial charge >= 0.3 is 0 Å². The van der Waals surface area contributed by atoms with Crippen molar-refractivity contribution in [3.05, 3.63) is 88.9 Å². The molecule has 6 nitrogen and oxygen atoms in total. The lowest BCUT2D eigenvalue weighted by atomic mass is 10.1. The molecule has 0 fully saturated rings. The second-order valence-corrected chi connectivity index (χ2v) is 9.89. The van der Waals surface area contributed by atoms with E-state index in [-0.39, 0.29) is 17.3 Å². The summed E-state index contributed by atoms with van der Waals surface area (Å²) in [6.45, 7) is 2.17. The van der Waals surface area contributed by atoms with Crippen molar-refractivity contribution in [1.29, 1.82) is 0 Å². The van der Waals surface area contributed by atoms with Crippen LogP contribution in [0.25, 0.3) is 0 Å². The Morgan fingerprint density at radius 3 is 2.53 bits per heavy atom. The average Bonchev–Trinajstić information content (AvgIpc) is 2.80. The summed E-state index contributed by atoms with van der Waals surface area (Å²) in [6, 6.07) is 20.9. The third-order valence-corrected chi connectivity index (χ3v) is 7.28. The van der Waals surface area contributed by atoms with Crippen molar-refractivity contribution in [2.24, 2.45) is 0 Å². The second kappa shape index (κ2) is 9.22. The average molecular weight is 471 g/mol. The van der Waals surface area contributed by atoms with Gasteiger partial charge in [0.25, 0.3) is 15.9 Å². The molecule has 0 unspecified atom stereocenters. The fourth-order valence-electron chi connectivity index (χ4n) is 3.54. The quantitative estimate of drug-likeness (QED) is 0.591. The largest absolute Gasteiger partial charge is 0.476 e. The molecule has 32 heavy (non-hydrogen) atoms. The number of carbonyl (C=O) groups is 1. The molecule has 0 bridgehead atoms. The summed E-state index contributed by atoms with van der Waals surface area (Å²) in [6.07, 6.45) is -0.342. The van der Waals surface area contributed by atoms with Gasteiger partial charge < -0.3 is 10.1 Å². The van der Waals surface area contributed by atoms with Gasteiger partial charge in [-0.2, -0.15) is 0 Å². The minimum absolute atomic E-state index is 0.111. The van der Waals surface area contributed by atoms with Crippen molar-refractivity contribution in [3.63, 3.8) is 0 Å². The number of fused-ring (bicyclic) bond motifs is 1. The molecule has 0 aliphatic carbocycles. The Hall–Kier alpha value is -3.03. The molecule has 0 saturated carbocycles. The minimum atomic E-state index is -3.86. The number of halogens is 1. The molecule has 0 saturated heterocycles. The maximum atomic E-state index is 13.4. The number of benzene rings is 3. The normalized spacial score (nSPS) is 15.6. The highest BCUT2D eigenvalue weighted by Gasteiger charge is 2.37. The topological polar surface area (TPSA) is 75.7 Å². The van der Waals surface area contributed by atoms with Crippen molar-refractivity contribution in [3.8, 4) is 5.75 Å². The first-order valence-corrected chi connectivity index (χ1v) is 12.0. The number of nitrogens with one attached hydrogen (secondary N) is 1. The van der Waals surface area contributed by atoms with Crippen LogP contribution in [0.1, 0.15) is 11.1 Å². The summed E-state index contributed by atoms with van der Waals surface area (Å²) in [4.78, 5) is 13.0. The monoisotopic (exact) mass is 470 g/mol. The molecule has 1 aliphatic heterocycles. The first-order chi connectivity index (χ1) is 15.3. The molecule has 0 aromatic heterocycles. The molecule has 8 heteroatoms. The van der Waals surface area contributed by atoms with E-state index in [0.29, 0.717) is 29.4 Å². The van der Waals surface area contributed by atoms with Crippen LogP contribution in [0.2, 0.25) is 5.02 Å². The first kappa shape index (κ1) is 22.2. The van der Waals surface area contributed by atoms with Crippen LogP contribution in [0.4, 0.5) is 5.69 Å². The predicted octanol–water partition coefficient (Wildman–Crippen LogP) is 3.96. The molecular weight excluding hydrogens is 448 g/mol. The SMILES string of the molecule is Cc1ccc2c(c1)O[C@H](C(=O)NCCc1ccc(Cl)cc1)CN2S(=O)(=O)c1ccccc1. The number of aryl methyl sites for hydroxylation is 1. The number of rotatable bonds is 6. The van der Waals surface area contributed by atoms with Crippen LogP contribution in [-0.4, -0.2) is 33.5 Å². The van der Waals surface area contributed by atoms with E-state index >= 15 is 0 Å². The molecule has 1 atom stereocenters. The van der Waals surface area contributed by atoms with Crippen molar-refractivity contribution in [1.82, 2.24) is 5.32 Å². The van der Waals surface area contributed by atoms with E-state index in [4.69, 9.17) is 16.3 Å². The number of nitrogens with zero attached hydrogens (tertiary/aromatic N) is 1. The minimum Gasteiger partial charge on any atom is -0.476 e. The highest BCUT2D eigenvalue weighted by molar-refractivity contribution is 7.92. The van der Waals surface area contributed by atoms with Gasteiger partial charge in [0.2, 0.25) is 0 Å². The van der Waals surface area contributed by atoms with Crippen molar-refractivity contribution < 1.29 is 17.9 Å². The molecule has 1 N–H and O–H groups in total. The number of sulfonamides is 1. The van der Waals surface area contributed by atoms with Crippen LogP contribution >= 0.6 is 11.6 Å². The summed E-state index contributed by atoms with van der Waals surface area (Å²) >= 11 is 5.90. The molecule has 1 amide bonds. The predicted molar refractivity (Wildman–Crippen MR) is 125 cm³/mol. The Balaban J connectivity index is 1.54. The highest BCUT2D eigenvalue weighted by Crippen LogP contribution is 2.37.